The van der Waals surface area contributed by atoms with Gasteiger partial charge in [-0.3, -0.25) is 0 Å². The minimum atomic E-state index is 0. The molecule has 0 unspecified atom stereocenters. The molecule has 2 aliphatic carbocycles. The van der Waals surface area contributed by atoms with E-state index in [1.807, 2.05) is 0 Å². The van der Waals surface area contributed by atoms with Crippen molar-refractivity contribution in [3.05, 3.63) is 70.6 Å². The summed E-state index contributed by atoms with van der Waals surface area (Å²) in [4.78, 5) is 0. The third-order valence-corrected chi connectivity index (χ3v) is 6.30. The summed E-state index contributed by atoms with van der Waals surface area (Å²) in [6.45, 7) is 6.76. The summed E-state index contributed by atoms with van der Waals surface area (Å²) in [5, 5.41) is 0. The number of fused-ring (bicyclic) bond motifs is 1. The molecule has 0 atom stereocenters. The van der Waals surface area contributed by atoms with Crippen molar-refractivity contribution in [2.24, 2.45) is 5.92 Å². The van der Waals surface area contributed by atoms with Crippen molar-refractivity contribution in [1.82, 2.24) is 0 Å². The van der Waals surface area contributed by atoms with Gasteiger partial charge in [0.05, 0.1) is 0 Å². The molecule has 139 valence electrons. The molecule has 1 heteroatoms. The second kappa shape index (κ2) is 9.04. The van der Waals surface area contributed by atoms with Crippen molar-refractivity contribution >= 4 is 6.08 Å². The molecule has 0 amide bonds. The second-order valence-corrected chi connectivity index (χ2v) is 8.61. The van der Waals surface area contributed by atoms with Crippen LogP contribution in [-0.4, -0.2) is 0 Å². The first kappa shape index (κ1) is 20.8. The molecule has 0 nitrogen and oxygen atoms in total. The van der Waals surface area contributed by atoms with Crippen molar-refractivity contribution in [3.8, 4) is 11.1 Å². The van der Waals surface area contributed by atoms with E-state index in [1.165, 1.54) is 71.9 Å². The molecule has 0 heterocycles. The molecule has 0 N–H and O–H groups in total. The standard InChI is InChI=1S/C26H31.Zr/c1-18(2)22-10-12-23(13-11-22)24-14-9-19(3)25-16-21(17-26(24)25)15-20-7-5-4-6-8-20;/h9-14,16-18,20H,4-8,15H2,1-3H3;. The largest absolute Gasteiger partial charge is 0.0608 e. The van der Waals surface area contributed by atoms with Gasteiger partial charge < -0.3 is 0 Å². The van der Waals surface area contributed by atoms with Crippen LogP contribution in [0.2, 0.25) is 0 Å². The SMILES string of the molecule is Cc1ccc(-c2ccc(C(C)C)cc2)c2c1[CH]C(CC1CCCCC1)=C2.[Zr]. The zero-order valence-electron chi connectivity index (χ0n) is 17.0. The first-order valence-electron chi connectivity index (χ1n) is 10.4. The molecule has 0 aliphatic heterocycles. The van der Waals surface area contributed by atoms with E-state index in [9.17, 15) is 0 Å². The predicted molar refractivity (Wildman–Crippen MR) is 113 cm³/mol. The summed E-state index contributed by atoms with van der Waals surface area (Å²) in [6, 6.07) is 13.8. The molecule has 0 aromatic heterocycles. The van der Waals surface area contributed by atoms with Crippen molar-refractivity contribution in [2.45, 2.75) is 65.2 Å². The summed E-state index contributed by atoms with van der Waals surface area (Å²) in [7, 11) is 0. The Labute approximate surface area is 184 Å². The van der Waals surface area contributed by atoms with Crippen LogP contribution in [0.3, 0.4) is 0 Å². The minimum Gasteiger partial charge on any atom is -0.0608 e. The number of hydrogen-bond acceptors (Lipinski definition) is 0. The van der Waals surface area contributed by atoms with Crippen LogP contribution in [0.4, 0.5) is 0 Å². The van der Waals surface area contributed by atoms with Gasteiger partial charge >= 0.3 is 0 Å². The molecule has 4 rings (SSSR count). The molecule has 1 radical (unpaired) electrons. The Morgan fingerprint density at radius 2 is 1.59 bits per heavy atom. The fraction of sp³-hybridized carbons (Fsp3) is 0.423. The van der Waals surface area contributed by atoms with Gasteiger partial charge in [0.25, 0.3) is 0 Å². The van der Waals surface area contributed by atoms with E-state index in [1.54, 1.807) is 5.57 Å². The van der Waals surface area contributed by atoms with Gasteiger partial charge in [-0.2, -0.15) is 0 Å². The van der Waals surface area contributed by atoms with Gasteiger partial charge in [-0.15, -0.1) is 0 Å². The summed E-state index contributed by atoms with van der Waals surface area (Å²) < 4.78 is 0. The van der Waals surface area contributed by atoms with Crippen LogP contribution in [0.15, 0.2) is 42.0 Å². The topological polar surface area (TPSA) is 0 Å². The maximum absolute atomic E-state index is 2.47. The van der Waals surface area contributed by atoms with Crippen LogP contribution in [0, 0.1) is 19.3 Å². The fourth-order valence-electron chi connectivity index (χ4n) is 4.65. The van der Waals surface area contributed by atoms with Crippen molar-refractivity contribution in [3.63, 3.8) is 0 Å². The maximum Gasteiger partial charge on any atom is 0.0167 e. The van der Waals surface area contributed by atoms with E-state index >= 15 is 0 Å². The van der Waals surface area contributed by atoms with Gasteiger partial charge in [0.1, 0.15) is 0 Å². The van der Waals surface area contributed by atoms with E-state index in [2.05, 4.69) is 69.7 Å². The molecular formula is C26H31Zr. The number of allylic oxidation sites excluding steroid dienone is 1. The van der Waals surface area contributed by atoms with Gasteiger partial charge in [-0.25, -0.2) is 0 Å². The smallest absolute Gasteiger partial charge is 0.0167 e. The zero-order chi connectivity index (χ0) is 18.1. The normalized spacial score (nSPS) is 16.8. The Kier molecular flexibility index (Phi) is 6.96. The van der Waals surface area contributed by atoms with Crippen LogP contribution in [0.5, 0.6) is 0 Å². The van der Waals surface area contributed by atoms with E-state index < -0.39 is 0 Å². The summed E-state index contributed by atoms with van der Waals surface area (Å²) in [5.41, 5.74) is 9.97. The van der Waals surface area contributed by atoms with Crippen LogP contribution in [0.25, 0.3) is 17.2 Å². The van der Waals surface area contributed by atoms with Crippen molar-refractivity contribution < 1.29 is 26.2 Å². The number of benzene rings is 2. The molecule has 1 saturated carbocycles. The van der Waals surface area contributed by atoms with Crippen LogP contribution < -0.4 is 0 Å². The van der Waals surface area contributed by atoms with Crippen LogP contribution in [0.1, 0.15) is 80.5 Å². The van der Waals surface area contributed by atoms with Gasteiger partial charge in [0.2, 0.25) is 0 Å². The maximum atomic E-state index is 2.47. The second-order valence-electron chi connectivity index (χ2n) is 8.61. The van der Waals surface area contributed by atoms with Crippen molar-refractivity contribution in [2.75, 3.05) is 0 Å². The molecular weight excluding hydrogens is 404 g/mol. The zero-order valence-corrected chi connectivity index (χ0v) is 19.5. The third kappa shape index (κ3) is 4.56. The molecule has 0 saturated heterocycles. The summed E-state index contributed by atoms with van der Waals surface area (Å²) in [6.07, 6.45) is 13.3. The van der Waals surface area contributed by atoms with E-state index in [0.29, 0.717) is 5.92 Å². The van der Waals surface area contributed by atoms with Crippen molar-refractivity contribution in [1.29, 1.82) is 0 Å². The molecule has 0 spiro atoms. The average molecular weight is 435 g/mol. The summed E-state index contributed by atoms with van der Waals surface area (Å²) >= 11 is 0. The first-order valence-corrected chi connectivity index (χ1v) is 10.4. The molecule has 1 fully saturated rings. The van der Waals surface area contributed by atoms with Crippen LogP contribution >= 0.6 is 0 Å². The van der Waals surface area contributed by atoms with Crippen LogP contribution in [-0.2, 0) is 26.2 Å². The van der Waals surface area contributed by atoms with Gasteiger partial charge in [-0.1, -0.05) is 94.0 Å². The van der Waals surface area contributed by atoms with E-state index in [4.69, 9.17) is 0 Å². The Morgan fingerprint density at radius 3 is 2.26 bits per heavy atom. The quantitative estimate of drug-likeness (QED) is 0.462. The molecule has 2 aliphatic rings. The van der Waals surface area contributed by atoms with Gasteiger partial charge in [0, 0.05) is 32.6 Å². The monoisotopic (exact) mass is 433 g/mol. The molecule has 2 aromatic carbocycles. The number of aryl methyl sites for hydroxylation is 1. The van der Waals surface area contributed by atoms with Gasteiger partial charge in [0.15, 0.2) is 0 Å². The predicted octanol–water partition coefficient (Wildman–Crippen LogP) is 7.70. The number of rotatable bonds is 4. The third-order valence-electron chi connectivity index (χ3n) is 6.30. The van der Waals surface area contributed by atoms with E-state index in [-0.39, 0.29) is 26.2 Å². The fourth-order valence-corrected chi connectivity index (χ4v) is 4.65. The minimum absolute atomic E-state index is 0. The Morgan fingerprint density at radius 1 is 0.889 bits per heavy atom. The molecule has 2 aromatic rings. The Hall–Kier alpha value is -0.937. The first-order chi connectivity index (χ1) is 12.6. The Balaban J connectivity index is 0.00000210. The van der Waals surface area contributed by atoms with E-state index in [0.717, 1.165) is 5.92 Å². The average Bonchev–Trinajstić information content (AvgIpc) is 3.07. The summed E-state index contributed by atoms with van der Waals surface area (Å²) in [5.74, 6) is 1.48. The Bertz CT molecular complexity index is 805. The van der Waals surface area contributed by atoms with Gasteiger partial charge in [-0.05, 0) is 58.6 Å². The molecule has 0 bridgehead atoms. The number of hydrogen-bond donors (Lipinski definition) is 0. The molecule has 27 heavy (non-hydrogen) atoms.